The van der Waals surface area contributed by atoms with E-state index in [1.165, 1.54) is 0 Å². The summed E-state index contributed by atoms with van der Waals surface area (Å²) in [6, 6.07) is 6.43. The zero-order chi connectivity index (χ0) is 12.1. The van der Waals surface area contributed by atoms with Gasteiger partial charge in [-0.25, -0.2) is 0 Å². The number of rotatable bonds is 5. The average Bonchev–Trinajstić information content (AvgIpc) is 2.20. The van der Waals surface area contributed by atoms with Crippen molar-refractivity contribution in [2.24, 2.45) is 5.92 Å². The molecule has 0 amide bonds. The summed E-state index contributed by atoms with van der Waals surface area (Å²) in [7, 11) is 1.69. The van der Waals surface area contributed by atoms with E-state index in [2.05, 4.69) is 42.0 Å². The summed E-state index contributed by atoms with van der Waals surface area (Å²) in [6.07, 6.45) is 1.16. The molecule has 0 bridgehead atoms. The van der Waals surface area contributed by atoms with Crippen molar-refractivity contribution in [1.82, 2.24) is 0 Å². The van der Waals surface area contributed by atoms with Crippen molar-refractivity contribution in [3.63, 3.8) is 0 Å². The van der Waals surface area contributed by atoms with E-state index in [4.69, 9.17) is 4.74 Å². The quantitative estimate of drug-likeness (QED) is 0.871. The summed E-state index contributed by atoms with van der Waals surface area (Å²) in [4.78, 5) is 0. The summed E-state index contributed by atoms with van der Waals surface area (Å²) in [5, 5.41) is 3.49. The van der Waals surface area contributed by atoms with Gasteiger partial charge in [-0.2, -0.15) is 0 Å². The Labute approximate surface area is 107 Å². The summed E-state index contributed by atoms with van der Waals surface area (Å²) in [5.41, 5.74) is 1.09. The minimum Gasteiger partial charge on any atom is -0.497 e. The van der Waals surface area contributed by atoms with Gasteiger partial charge in [-0.15, -0.1) is 0 Å². The Morgan fingerprint density at radius 3 is 2.56 bits per heavy atom. The van der Waals surface area contributed by atoms with Gasteiger partial charge < -0.3 is 10.1 Å². The van der Waals surface area contributed by atoms with E-state index in [9.17, 15) is 0 Å². The van der Waals surface area contributed by atoms with Crippen molar-refractivity contribution in [2.75, 3.05) is 12.4 Å². The first-order chi connectivity index (χ1) is 7.52. The Morgan fingerprint density at radius 2 is 2.00 bits per heavy atom. The third kappa shape index (κ3) is 4.05. The van der Waals surface area contributed by atoms with Gasteiger partial charge in [0.05, 0.1) is 12.8 Å². The predicted molar refractivity (Wildman–Crippen MR) is 73.2 cm³/mol. The predicted octanol–water partition coefficient (Wildman–Crippen LogP) is 4.30. The Balaban J connectivity index is 2.71. The van der Waals surface area contributed by atoms with E-state index >= 15 is 0 Å². The molecule has 0 heterocycles. The van der Waals surface area contributed by atoms with Crippen molar-refractivity contribution >= 4 is 21.6 Å². The van der Waals surface area contributed by atoms with Crippen molar-refractivity contribution in [3.8, 4) is 5.75 Å². The lowest BCUT2D eigenvalue weighted by Gasteiger charge is -2.18. The van der Waals surface area contributed by atoms with E-state index in [1.807, 2.05) is 18.2 Å². The van der Waals surface area contributed by atoms with E-state index in [1.54, 1.807) is 7.11 Å². The lowest BCUT2D eigenvalue weighted by Crippen LogP contribution is -2.17. The molecule has 1 atom stereocenters. The fourth-order valence-corrected chi connectivity index (χ4v) is 2.13. The van der Waals surface area contributed by atoms with Crippen molar-refractivity contribution in [3.05, 3.63) is 22.7 Å². The number of nitrogens with one attached hydrogen (secondary N) is 1. The summed E-state index contributed by atoms with van der Waals surface area (Å²) >= 11 is 3.54. The normalized spacial score (nSPS) is 12.6. The minimum absolute atomic E-state index is 0.461. The molecule has 0 radical (unpaired) electrons. The highest BCUT2D eigenvalue weighted by atomic mass is 79.9. The zero-order valence-corrected chi connectivity index (χ0v) is 12.0. The van der Waals surface area contributed by atoms with Crippen LogP contribution < -0.4 is 10.1 Å². The van der Waals surface area contributed by atoms with Crippen LogP contribution in [0.5, 0.6) is 5.75 Å². The first-order valence-corrected chi connectivity index (χ1v) is 6.42. The smallest absolute Gasteiger partial charge is 0.121 e. The summed E-state index contributed by atoms with van der Waals surface area (Å²) in [5.74, 6) is 1.58. The van der Waals surface area contributed by atoms with Crippen molar-refractivity contribution in [2.45, 2.75) is 33.2 Å². The third-order valence-electron chi connectivity index (χ3n) is 2.40. The number of ether oxygens (including phenoxy) is 1. The molecular weight excluding hydrogens is 266 g/mol. The number of benzene rings is 1. The monoisotopic (exact) mass is 285 g/mol. The van der Waals surface area contributed by atoms with Crippen LogP contribution in [-0.2, 0) is 0 Å². The van der Waals surface area contributed by atoms with Gasteiger partial charge in [-0.3, -0.25) is 0 Å². The molecule has 0 fully saturated rings. The van der Waals surface area contributed by atoms with Crippen LogP contribution in [0.15, 0.2) is 22.7 Å². The first kappa shape index (κ1) is 13.4. The molecule has 0 aliphatic rings. The molecule has 0 aromatic heterocycles. The maximum Gasteiger partial charge on any atom is 0.121 e. The molecule has 90 valence electrons. The summed E-state index contributed by atoms with van der Waals surface area (Å²) < 4.78 is 6.28. The maximum atomic E-state index is 5.21. The Morgan fingerprint density at radius 1 is 1.31 bits per heavy atom. The lowest BCUT2D eigenvalue weighted by atomic mass is 10.1. The largest absolute Gasteiger partial charge is 0.497 e. The fraction of sp³-hybridized carbons (Fsp3) is 0.538. The Kier molecular flexibility index (Phi) is 5.13. The van der Waals surface area contributed by atoms with Gasteiger partial charge in [0.25, 0.3) is 0 Å². The molecule has 1 rings (SSSR count). The van der Waals surface area contributed by atoms with Crippen molar-refractivity contribution in [1.29, 1.82) is 0 Å². The molecule has 1 aromatic rings. The van der Waals surface area contributed by atoms with Crippen molar-refractivity contribution < 1.29 is 4.74 Å². The molecule has 0 spiro atoms. The zero-order valence-electron chi connectivity index (χ0n) is 10.4. The molecule has 0 saturated carbocycles. The molecule has 16 heavy (non-hydrogen) atoms. The lowest BCUT2D eigenvalue weighted by molar-refractivity contribution is 0.415. The van der Waals surface area contributed by atoms with Crippen LogP contribution in [0, 0.1) is 5.92 Å². The van der Waals surface area contributed by atoms with Crippen LogP contribution >= 0.6 is 15.9 Å². The maximum absolute atomic E-state index is 5.21. The summed E-state index contributed by atoms with van der Waals surface area (Å²) in [6.45, 7) is 6.67. The number of anilines is 1. The van der Waals surface area contributed by atoms with Gasteiger partial charge in [-0.1, -0.05) is 13.8 Å². The number of hydrogen-bond acceptors (Lipinski definition) is 2. The Bertz CT molecular complexity index is 339. The topological polar surface area (TPSA) is 21.3 Å². The first-order valence-electron chi connectivity index (χ1n) is 5.63. The second-order valence-electron chi connectivity index (χ2n) is 4.52. The molecule has 2 nitrogen and oxygen atoms in total. The van der Waals surface area contributed by atoms with E-state index in [0.29, 0.717) is 12.0 Å². The molecule has 3 heteroatoms. The van der Waals surface area contributed by atoms with Gasteiger partial charge >= 0.3 is 0 Å². The Hall–Kier alpha value is -0.700. The second kappa shape index (κ2) is 6.14. The number of methoxy groups -OCH3 is 1. The molecular formula is C13H20BrNO. The average molecular weight is 286 g/mol. The highest BCUT2D eigenvalue weighted by molar-refractivity contribution is 9.10. The van der Waals surface area contributed by atoms with E-state index < -0.39 is 0 Å². The van der Waals surface area contributed by atoms with Gasteiger partial charge in [0.1, 0.15) is 5.75 Å². The van der Waals surface area contributed by atoms with Gasteiger partial charge in [0, 0.05) is 16.6 Å². The minimum atomic E-state index is 0.461. The third-order valence-corrected chi connectivity index (χ3v) is 3.09. The van der Waals surface area contributed by atoms with E-state index in [-0.39, 0.29) is 0 Å². The van der Waals surface area contributed by atoms with Crippen LogP contribution in [0.4, 0.5) is 5.69 Å². The molecule has 1 aromatic carbocycles. The number of hydrogen-bond donors (Lipinski definition) is 1. The second-order valence-corrected chi connectivity index (χ2v) is 5.38. The van der Waals surface area contributed by atoms with Crippen LogP contribution in [0.2, 0.25) is 0 Å². The standard InChI is InChI=1S/C13H20BrNO/c1-9(2)7-10(3)15-13-8-11(16-4)5-6-12(13)14/h5-6,8-10,15H,7H2,1-4H3. The highest BCUT2D eigenvalue weighted by Gasteiger charge is 2.08. The molecule has 0 saturated heterocycles. The van der Waals surface area contributed by atoms with Gasteiger partial charge in [0.2, 0.25) is 0 Å². The van der Waals surface area contributed by atoms with Crippen LogP contribution in [-0.4, -0.2) is 13.2 Å². The van der Waals surface area contributed by atoms with Crippen LogP contribution in [0.25, 0.3) is 0 Å². The van der Waals surface area contributed by atoms with E-state index in [0.717, 1.165) is 22.3 Å². The molecule has 0 aliphatic carbocycles. The van der Waals surface area contributed by atoms with Gasteiger partial charge in [0.15, 0.2) is 0 Å². The fourth-order valence-electron chi connectivity index (χ4n) is 1.77. The van der Waals surface area contributed by atoms with Gasteiger partial charge in [-0.05, 0) is 47.3 Å². The van der Waals surface area contributed by atoms with Crippen LogP contribution in [0.1, 0.15) is 27.2 Å². The molecule has 0 aliphatic heterocycles. The van der Waals surface area contributed by atoms with Crippen LogP contribution in [0.3, 0.4) is 0 Å². The highest BCUT2D eigenvalue weighted by Crippen LogP contribution is 2.28. The molecule has 1 unspecified atom stereocenters. The molecule has 1 N–H and O–H groups in total. The number of halogens is 1. The SMILES string of the molecule is COc1ccc(Br)c(NC(C)CC(C)C)c1.